The molecule has 7 heteroatoms. The van der Waals surface area contributed by atoms with Crippen LogP contribution in [0.1, 0.15) is 22.8 Å². The third-order valence-electron chi connectivity index (χ3n) is 3.52. The number of hydrogen-bond acceptors (Lipinski definition) is 3. The van der Waals surface area contributed by atoms with E-state index >= 15 is 0 Å². The number of rotatable bonds is 6. The molecule has 0 aliphatic carbocycles. The number of hydrogen-bond donors (Lipinski definition) is 2. The molecule has 0 aromatic heterocycles. The van der Waals surface area contributed by atoms with Gasteiger partial charge in [-0.2, -0.15) is 0 Å². The fourth-order valence-electron chi connectivity index (χ4n) is 2.09. The van der Waals surface area contributed by atoms with Gasteiger partial charge in [-0.15, -0.1) is 6.58 Å². The normalized spacial score (nSPS) is 12.4. The van der Waals surface area contributed by atoms with Crippen molar-refractivity contribution in [3.63, 3.8) is 0 Å². The summed E-state index contributed by atoms with van der Waals surface area (Å²) in [6, 6.07) is 9.42. The number of sulfonamides is 1. The van der Waals surface area contributed by atoms with Crippen LogP contribution in [0, 0.1) is 12.7 Å². The highest BCUT2D eigenvalue weighted by molar-refractivity contribution is 7.89. The maximum absolute atomic E-state index is 13.3. The van der Waals surface area contributed by atoms with Gasteiger partial charge < -0.3 is 5.32 Å². The molecule has 2 aromatic rings. The van der Waals surface area contributed by atoms with Crippen LogP contribution < -0.4 is 10.0 Å². The van der Waals surface area contributed by atoms with Crippen LogP contribution in [0.5, 0.6) is 0 Å². The molecule has 2 N–H and O–H groups in total. The van der Waals surface area contributed by atoms with Crippen LogP contribution >= 0.6 is 0 Å². The van der Waals surface area contributed by atoms with Gasteiger partial charge in [0.25, 0.3) is 5.91 Å². The maximum atomic E-state index is 13.3. The van der Waals surface area contributed by atoms with Crippen molar-refractivity contribution >= 4 is 21.6 Å². The summed E-state index contributed by atoms with van der Waals surface area (Å²) >= 11 is 0. The van der Waals surface area contributed by atoms with Gasteiger partial charge in [-0.05, 0) is 55.8 Å². The summed E-state index contributed by atoms with van der Waals surface area (Å²) < 4.78 is 40.3. The first-order chi connectivity index (χ1) is 11.7. The standard InChI is InChI=1S/C18H19FN2O3S/c1-4-13(3)21-25(23,24)16-7-5-6-14(11-16)18(22)20-15-8-9-17(19)12(2)10-15/h4-11,13,21H,1H2,2-3H3,(H,20,22). The molecule has 0 heterocycles. The number of aryl methyl sites for hydroxylation is 1. The summed E-state index contributed by atoms with van der Waals surface area (Å²) in [6.07, 6.45) is 1.46. The monoisotopic (exact) mass is 362 g/mol. The Morgan fingerprint density at radius 3 is 2.60 bits per heavy atom. The summed E-state index contributed by atoms with van der Waals surface area (Å²) in [7, 11) is -3.76. The van der Waals surface area contributed by atoms with E-state index < -0.39 is 22.0 Å². The van der Waals surface area contributed by atoms with Gasteiger partial charge in [0.2, 0.25) is 10.0 Å². The second kappa shape index (κ2) is 7.58. The van der Waals surface area contributed by atoms with Crippen LogP contribution in [0.4, 0.5) is 10.1 Å². The predicted molar refractivity (Wildman–Crippen MR) is 95.5 cm³/mol. The minimum absolute atomic E-state index is 0.0239. The predicted octanol–water partition coefficient (Wildman–Crippen LogP) is 3.24. The van der Waals surface area contributed by atoms with Gasteiger partial charge in [0, 0.05) is 17.3 Å². The SMILES string of the molecule is C=CC(C)NS(=O)(=O)c1cccc(C(=O)Nc2ccc(F)c(C)c2)c1. The number of carbonyl (C=O) groups excluding carboxylic acids is 1. The fourth-order valence-corrected chi connectivity index (χ4v) is 3.35. The van der Waals surface area contributed by atoms with E-state index in [1.807, 2.05) is 0 Å². The smallest absolute Gasteiger partial charge is 0.255 e. The first kappa shape index (κ1) is 18.8. The minimum atomic E-state index is -3.76. The van der Waals surface area contributed by atoms with Gasteiger partial charge in [0.15, 0.2) is 0 Å². The Hall–Kier alpha value is -2.51. The Bertz CT molecular complexity index is 910. The average Bonchev–Trinajstić information content (AvgIpc) is 2.57. The van der Waals surface area contributed by atoms with Crippen molar-refractivity contribution in [2.24, 2.45) is 0 Å². The van der Waals surface area contributed by atoms with Gasteiger partial charge in [-0.1, -0.05) is 12.1 Å². The molecule has 0 bridgehead atoms. The van der Waals surface area contributed by atoms with Crippen LogP contribution in [0.3, 0.4) is 0 Å². The Balaban J connectivity index is 2.24. The van der Waals surface area contributed by atoms with E-state index in [0.717, 1.165) is 0 Å². The fraction of sp³-hybridized carbons (Fsp3) is 0.167. The largest absolute Gasteiger partial charge is 0.322 e. The van der Waals surface area contributed by atoms with E-state index in [-0.39, 0.29) is 16.3 Å². The molecule has 132 valence electrons. The highest BCUT2D eigenvalue weighted by Crippen LogP contribution is 2.17. The van der Waals surface area contributed by atoms with Crippen LogP contribution in [0.2, 0.25) is 0 Å². The molecule has 2 aromatic carbocycles. The average molecular weight is 362 g/mol. The molecule has 0 fully saturated rings. The molecule has 25 heavy (non-hydrogen) atoms. The van der Waals surface area contributed by atoms with Crippen molar-refractivity contribution in [2.75, 3.05) is 5.32 Å². The summed E-state index contributed by atoms with van der Waals surface area (Å²) in [6.45, 7) is 6.77. The lowest BCUT2D eigenvalue weighted by Gasteiger charge is -2.11. The van der Waals surface area contributed by atoms with Crippen molar-refractivity contribution < 1.29 is 17.6 Å². The number of halogens is 1. The topological polar surface area (TPSA) is 75.3 Å². The zero-order valence-electron chi connectivity index (χ0n) is 13.9. The number of carbonyl (C=O) groups is 1. The molecule has 0 aliphatic rings. The van der Waals surface area contributed by atoms with E-state index in [9.17, 15) is 17.6 Å². The van der Waals surface area contributed by atoms with Crippen LogP contribution in [0.25, 0.3) is 0 Å². The lowest BCUT2D eigenvalue weighted by Crippen LogP contribution is -2.31. The van der Waals surface area contributed by atoms with Crippen molar-refractivity contribution in [3.8, 4) is 0 Å². The zero-order valence-corrected chi connectivity index (χ0v) is 14.7. The number of anilines is 1. The Morgan fingerprint density at radius 2 is 1.96 bits per heavy atom. The van der Waals surface area contributed by atoms with Gasteiger partial charge >= 0.3 is 0 Å². The summed E-state index contributed by atoms with van der Waals surface area (Å²) in [4.78, 5) is 12.3. The van der Waals surface area contributed by atoms with Crippen molar-refractivity contribution in [1.29, 1.82) is 0 Å². The lowest BCUT2D eigenvalue weighted by atomic mass is 10.2. The first-order valence-electron chi connectivity index (χ1n) is 7.55. The Labute approximate surface area is 146 Å². The number of benzene rings is 2. The van der Waals surface area contributed by atoms with E-state index in [0.29, 0.717) is 11.3 Å². The van der Waals surface area contributed by atoms with Gasteiger partial charge in [-0.3, -0.25) is 4.79 Å². The van der Waals surface area contributed by atoms with Crippen molar-refractivity contribution in [3.05, 3.63) is 72.1 Å². The molecule has 0 spiro atoms. The zero-order chi connectivity index (χ0) is 18.6. The number of amides is 1. The van der Waals surface area contributed by atoms with E-state index in [1.54, 1.807) is 13.8 Å². The first-order valence-corrected chi connectivity index (χ1v) is 9.03. The lowest BCUT2D eigenvalue weighted by molar-refractivity contribution is 0.102. The third-order valence-corrected chi connectivity index (χ3v) is 5.07. The summed E-state index contributed by atoms with van der Waals surface area (Å²) in [5.74, 6) is -0.853. The molecule has 0 saturated heterocycles. The Kier molecular flexibility index (Phi) is 5.71. The van der Waals surface area contributed by atoms with Gasteiger partial charge in [-0.25, -0.2) is 17.5 Å². The van der Waals surface area contributed by atoms with Gasteiger partial charge in [0.1, 0.15) is 5.82 Å². The second-order valence-electron chi connectivity index (χ2n) is 5.59. The van der Waals surface area contributed by atoms with Crippen molar-refractivity contribution in [2.45, 2.75) is 24.8 Å². The third kappa shape index (κ3) is 4.74. The van der Waals surface area contributed by atoms with Crippen molar-refractivity contribution in [1.82, 2.24) is 4.72 Å². The van der Waals surface area contributed by atoms with E-state index in [4.69, 9.17) is 0 Å². The molecular weight excluding hydrogens is 343 g/mol. The van der Waals surface area contributed by atoms with E-state index in [2.05, 4.69) is 16.6 Å². The molecule has 1 unspecified atom stereocenters. The molecule has 5 nitrogen and oxygen atoms in total. The second-order valence-corrected chi connectivity index (χ2v) is 7.31. The molecule has 1 atom stereocenters. The molecule has 2 rings (SSSR count). The highest BCUT2D eigenvalue weighted by atomic mass is 32.2. The van der Waals surface area contributed by atoms with E-state index in [1.165, 1.54) is 48.5 Å². The van der Waals surface area contributed by atoms with Crippen LogP contribution in [0.15, 0.2) is 60.0 Å². The molecule has 0 aliphatic heterocycles. The minimum Gasteiger partial charge on any atom is -0.322 e. The van der Waals surface area contributed by atoms with Crippen LogP contribution in [-0.4, -0.2) is 20.4 Å². The molecule has 1 amide bonds. The van der Waals surface area contributed by atoms with Gasteiger partial charge in [0.05, 0.1) is 4.90 Å². The Morgan fingerprint density at radius 1 is 1.24 bits per heavy atom. The summed E-state index contributed by atoms with van der Waals surface area (Å²) in [5, 5.41) is 2.62. The molecular formula is C18H19FN2O3S. The van der Waals surface area contributed by atoms with Crippen LogP contribution in [-0.2, 0) is 10.0 Å². The summed E-state index contributed by atoms with van der Waals surface area (Å²) in [5.41, 5.74) is 1.00. The maximum Gasteiger partial charge on any atom is 0.255 e. The molecule has 0 radical (unpaired) electrons. The highest BCUT2D eigenvalue weighted by Gasteiger charge is 2.18. The number of nitrogens with one attached hydrogen (secondary N) is 2. The molecule has 0 saturated carbocycles. The quantitative estimate of drug-likeness (QED) is 0.775.